The van der Waals surface area contributed by atoms with Gasteiger partial charge in [0.25, 0.3) is 0 Å². The van der Waals surface area contributed by atoms with E-state index in [1.165, 1.54) is 17.5 Å². The first-order chi connectivity index (χ1) is 8.21. The van der Waals surface area contributed by atoms with Crippen molar-refractivity contribution in [1.29, 1.82) is 0 Å². The zero-order valence-electron chi connectivity index (χ0n) is 11.2. The van der Waals surface area contributed by atoms with E-state index < -0.39 is 0 Å². The molecule has 2 atom stereocenters. The van der Waals surface area contributed by atoms with Crippen LogP contribution < -0.4 is 5.32 Å². The molecule has 0 bridgehead atoms. The number of rotatable bonds is 6. The Balaban J connectivity index is 2.63. The summed E-state index contributed by atoms with van der Waals surface area (Å²) in [6.07, 6.45) is 8.78. The lowest BCUT2D eigenvalue weighted by Crippen LogP contribution is -2.29. The molecule has 0 saturated heterocycles. The van der Waals surface area contributed by atoms with E-state index in [0.717, 1.165) is 12.8 Å². The summed E-state index contributed by atoms with van der Waals surface area (Å²) in [5.74, 6) is 2.77. The summed E-state index contributed by atoms with van der Waals surface area (Å²) in [4.78, 5) is 0. The first-order valence-electron chi connectivity index (χ1n) is 6.52. The summed E-state index contributed by atoms with van der Waals surface area (Å²) in [5.41, 5.74) is 2.71. The average Bonchev–Trinajstić information content (AvgIpc) is 2.37. The highest BCUT2D eigenvalue weighted by molar-refractivity contribution is 5.25. The first-order valence-corrected chi connectivity index (χ1v) is 6.52. The van der Waals surface area contributed by atoms with Gasteiger partial charge in [-0.2, -0.15) is 0 Å². The zero-order valence-corrected chi connectivity index (χ0v) is 11.2. The Bertz CT molecular complexity index is 358. The average molecular weight is 229 g/mol. The van der Waals surface area contributed by atoms with Crippen LogP contribution in [0.4, 0.5) is 0 Å². The summed E-state index contributed by atoms with van der Waals surface area (Å²) in [6, 6.07) is 9.31. The Morgan fingerprint density at radius 3 is 2.35 bits per heavy atom. The van der Waals surface area contributed by atoms with Crippen molar-refractivity contribution in [3.8, 4) is 12.3 Å². The highest BCUT2D eigenvalue weighted by atomic mass is 14.9. The van der Waals surface area contributed by atoms with E-state index in [1.807, 2.05) is 0 Å². The molecule has 17 heavy (non-hydrogen) atoms. The second-order valence-electron chi connectivity index (χ2n) is 4.51. The van der Waals surface area contributed by atoms with Crippen molar-refractivity contribution in [2.45, 2.75) is 52.1 Å². The number of benzene rings is 1. The van der Waals surface area contributed by atoms with Crippen molar-refractivity contribution in [3.63, 3.8) is 0 Å². The second kappa shape index (κ2) is 7.14. The molecule has 1 nitrogen and oxygen atoms in total. The van der Waals surface area contributed by atoms with Crippen LogP contribution in [0, 0.1) is 12.3 Å². The highest BCUT2D eigenvalue weighted by Crippen LogP contribution is 2.15. The van der Waals surface area contributed by atoms with Crippen molar-refractivity contribution in [1.82, 2.24) is 5.32 Å². The van der Waals surface area contributed by atoms with E-state index in [-0.39, 0.29) is 6.04 Å². The standard InChI is InChI=1S/C16H23N/c1-5-8-14-9-11-15(12-10-14)13(4)17-16(6-2)7-3/h2,9-13,16-17H,5,7-8H2,1,3-4H3. The maximum absolute atomic E-state index is 5.46. The maximum atomic E-state index is 5.46. The van der Waals surface area contributed by atoms with E-state index in [2.05, 4.69) is 56.3 Å². The predicted octanol–water partition coefficient (Wildman–Crippen LogP) is 3.70. The first kappa shape index (κ1) is 13.8. The van der Waals surface area contributed by atoms with Crippen LogP contribution in [0.1, 0.15) is 50.8 Å². The van der Waals surface area contributed by atoms with Crippen molar-refractivity contribution in [2.75, 3.05) is 0 Å². The molecule has 92 valence electrons. The van der Waals surface area contributed by atoms with Gasteiger partial charge in [-0.3, -0.25) is 5.32 Å². The third-order valence-electron chi connectivity index (χ3n) is 3.08. The molecule has 0 aromatic heterocycles. The Labute approximate surface area is 106 Å². The smallest absolute Gasteiger partial charge is 0.0688 e. The van der Waals surface area contributed by atoms with Gasteiger partial charge in [-0.25, -0.2) is 0 Å². The largest absolute Gasteiger partial charge is 0.297 e. The van der Waals surface area contributed by atoms with Crippen LogP contribution in [-0.4, -0.2) is 6.04 Å². The van der Waals surface area contributed by atoms with Gasteiger partial charge in [0, 0.05) is 6.04 Å². The van der Waals surface area contributed by atoms with Gasteiger partial charge in [0.2, 0.25) is 0 Å². The molecule has 0 fully saturated rings. The lowest BCUT2D eigenvalue weighted by Gasteiger charge is -2.18. The Kier molecular flexibility index (Phi) is 5.80. The van der Waals surface area contributed by atoms with Gasteiger partial charge in [-0.15, -0.1) is 6.42 Å². The van der Waals surface area contributed by atoms with Crippen LogP contribution in [0.15, 0.2) is 24.3 Å². The fourth-order valence-electron chi connectivity index (χ4n) is 1.94. The molecule has 0 aliphatic heterocycles. The number of hydrogen-bond donors (Lipinski definition) is 1. The summed E-state index contributed by atoms with van der Waals surface area (Å²) in [6.45, 7) is 6.47. The molecule has 0 amide bonds. The van der Waals surface area contributed by atoms with Gasteiger partial charge < -0.3 is 0 Å². The van der Waals surface area contributed by atoms with E-state index in [1.54, 1.807) is 0 Å². The van der Waals surface area contributed by atoms with Crippen molar-refractivity contribution in [2.24, 2.45) is 0 Å². The van der Waals surface area contributed by atoms with Gasteiger partial charge in [-0.1, -0.05) is 50.5 Å². The topological polar surface area (TPSA) is 12.0 Å². The van der Waals surface area contributed by atoms with Gasteiger partial charge in [0.1, 0.15) is 0 Å². The minimum absolute atomic E-state index is 0.167. The van der Waals surface area contributed by atoms with Crippen LogP contribution >= 0.6 is 0 Å². The summed E-state index contributed by atoms with van der Waals surface area (Å²) < 4.78 is 0. The monoisotopic (exact) mass is 229 g/mol. The molecule has 0 aliphatic carbocycles. The second-order valence-corrected chi connectivity index (χ2v) is 4.51. The van der Waals surface area contributed by atoms with Crippen molar-refractivity contribution >= 4 is 0 Å². The van der Waals surface area contributed by atoms with Crippen molar-refractivity contribution < 1.29 is 0 Å². The zero-order chi connectivity index (χ0) is 12.7. The predicted molar refractivity (Wildman–Crippen MR) is 74.9 cm³/mol. The normalized spacial score (nSPS) is 14.0. The van der Waals surface area contributed by atoms with Gasteiger partial charge in [0.05, 0.1) is 6.04 Å². The minimum Gasteiger partial charge on any atom is -0.297 e. The third kappa shape index (κ3) is 4.24. The van der Waals surface area contributed by atoms with Crippen LogP contribution in [0.5, 0.6) is 0 Å². The SMILES string of the molecule is C#CC(CC)NC(C)c1ccc(CCC)cc1. The number of aryl methyl sites for hydroxylation is 1. The molecule has 0 saturated carbocycles. The fourth-order valence-corrected chi connectivity index (χ4v) is 1.94. The van der Waals surface area contributed by atoms with Gasteiger partial charge in [0.15, 0.2) is 0 Å². The molecule has 1 heteroatoms. The number of nitrogens with one attached hydrogen (secondary N) is 1. The molecule has 0 aliphatic rings. The molecule has 0 heterocycles. The van der Waals surface area contributed by atoms with Crippen LogP contribution in [-0.2, 0) is 6.42 Å². The summed E-state index contributed by atoms with van der Waals surface area (Å²) in [7, 11) is 0. The Morgan fingerprint density at radius 2 is 1.88 bits per heavy atom. The lowest BCUT2D eigenvalue weighted by atomic mass is 10.0. The molecule has 0 radical (unpaired) electrons. The quantitative estimate of drug-likeness (QED) is 0.733. The lowest BCUT2D eigenvalue weighted by molar-refractivity contribution is 0.512. The van der Waals surface area contributed by atoms with E-state index in [9.17, 15) is 0 Å². The Hall–Kier alpha value is -1.26. The maximum Gasteiger partial charge on any atom is 0.0688 e. The Morgan fingerprint density at radius 1 is 1.24 bits per heavy atom. The van der Waals surface area contributed by atoms with E-state index in [4.69, 9.17) is 6.42 Å². The molecular formula is C16H23N. The molecule has 1 N–H and O–H groups in total. The summed E-state index contributed by atoms with van der Waals surface area (Å²) in [5, 5.41) is 3.45. The molecule has 2 unspecified atom stereocenters. The third-order valence-corrected chi connectivity index (χ3v) is 3.08. The fraction of sp³-hybridized carbons (Fsp3) is 0.500. The molecule has 0 spiro atoms. The minimum atomic E-state index is 0.167. The summed E-state index contributed by atoms with van der Waals surface area (Å²) >= 11 is 0. The number of terminal acetylenes is 1. The van der Waals surface area contributed by atoms with Crippen LogP contribution in [0.2, 0.25) is 0 Å². The highest BCUT2D eigenvalue weighted by Gasteiger charge is 2.09. The molecule has 1 aromatic carbocycles. The number of hydrogen-bond acceptors (Lipinski definition) is 1. The molecular weight excluding hydrogens is 206 g/mol. The van der Waals surface area contributed by atoms with Gasteiger partial charge in [-0.05, 0) is 30.9 Å². The molecule has 1 rings (SSSR count). The van der Waals surface area contributed by atoms with E-state index >= 15 is 0 Å². The molecule has 1 aromatic rings. The van der Waals surface area contributed by atoms with Crippen LogP contribution in [0.25, 0.3) is 0 Å². The van der Waals surface area contributed by atoms with Gasteiger partial charge >= 0.3 is 0 Å². The van der Waals surface area contributed by atoms with Crippen molar-refractivity contribution in [3.05, 3.63) is 35.4 Å². The van der Waals surface area contributed by atoms with E-state index in [0.29, 0.717) is 6.04 Å². The van der Waals surface area contributed by atoms with Crippen LogP contribution in [0.3, 0.4) is 0 Å².